The summed E-state index contributed by atoms with van der Waals surface area (Å²) in [7, 11) is 0. The Balaban J connectivity index is 1.64. The predicted molar refractivity (Wildman–Crippen MR) is 123 cm³/mol. The van der Waals surface area contributed by atoms with Crippen molar-refractivity contribution in [3.05, 3.63) is 53.2 Å². The molecule has 0 aliphatic carbocycles. The number of aromatic nitrogens is 1. The highest BCUT2D eigenvalue weighted by atomic mass is 16.5. The van der Waals surface area contributed by atoms with E-state index in [0.29, 0.717) is 32.2 Å². The van der Waals surface area contributed by atoms with Crippen LogP contribution in [0, 0.1) is 6.92 Å². The minimum atomic E-state index is 0.194. The first kappa shape index (κ1) is 22.9. The molecular weight excluding hydrogens is 392 g/mol. The SMILES string of the molecule is CCNC(=NCc1cccnc1OCC)NCc1ccc(C)cc1OCC1CCCO1. The van der Waals surface area contributed by atoms with Gasteiger partial charge < -0.3 is 24.8 Å². The molecular formula is C24H34N4O3. The van der Waals surface area contributed by atoms with E-state index in [9.17, 15) is 0 Å². The number of ether oxygens (including phenoxy) is 3. The quantitative estimate of drug-likeness (QED) is 0.447. The summed E-state index contributed by atoms with van der Waals surface area (Å²) in [5, 5.41) is 6.71. The average molecular weight is 427 g/mol. The second kappa shape index (κ2) is 12.2. The average Bonchev–Trinajstić information content (AvgIpc) is 3.30. The first-order valence-electron chi connectivity index (χ1n) is 11.1. The Morgan fingerprint density at radius 1 is 1.19 bits per heavy atom. The molecule has 2 N–H and O–H groups in total. The molecule has 1 aliphatic heterocycles. The number of guanidine groups is 1. The van der Waals surface area contributed by atoms with Crippen molar-refractivity contribution >= 4 is 5.96 Å². The van der Waals surface area contributed by atoms with Crippen LogP contribution in [0.4, 0.5) is 0 Å². The lowest BCUT2D eigenvalue weighted by Gasteiger charge is -2.17. The normalized spacial score (nSPS) is 16.2. The number of hydrogen-bond donors (Lipinski definition) is 2. The van der Waals surface area contributed by atoms with Crippen LogP contribution in [0.2, 0.25) is 0 Å². The maximum absolute atomic E-state index is 6.12. The van der Waals surface area contributed by atoms with E-state index in [-0.39, 0.29) is 6.10 Å². The Labute approximate surface area is 185 Å². The highest BCUT2D eigenvalue weighted by Gasteiger charge is 2.17. The Morgan fingerprint density at radius 2 is 2.10 bits per heavy atom. The number of nitrogens with one attached hydrogen (secondary N) is 2. The zero-order chi connectivity index (χ0) is 21.9. The fourth-order valence-electron chi connectivity index (χ4n) is 3.40. The number of aliphatic imine (C=N–C) groups is 1. The fraction of sp³-hybridized carbons (Fsp3) is 0.500. The highest BCUT2D eigenvalue weighted by molar-refractivity contribution is 5.79. The summed E-state index contributed by atoms with van der Waals surface area (Å²) in [6.45, 7) is 9.94. The van der Waals surface area contributed by atoms with Gasteiger partial charge in [-0.15, -0.1) is 0 Å². The van der Waals surface area contributed by atoms with Crippen LogP contribution >= 0.6 is 0 Å². The Morgan fingerprint density at radius 3 is 2.87 bits per heavy atom. The second-order valence-corrected chi connectivity index (χ2v) is 7.51. The van der Waals surface area contributed by atoms with Crippen molar-refractivity contribution in [2.24, 2.45) is 4.99 Å². The summed E-state index contributed by atoms with van der Waals surface area (Å²) >= 11 is 0. The lowest BCUT2D eigenvalue weighted by atomic mass is 10.1. The van der Waals surface area contributed by atoms with Gasteiger partial charge in [-0.2, -0.15) is 0 Å². The topological polar surface area (TPSA) is 77.0 Å². The molecule has 0 spiro atoms. The molecule has 1 fully saturated rings. The minimum absolute atomic E-state index is 0.194. The number of rotatable bonds is 10. The van der Waals surface area contributed by atoms with Gasteiger partial charge in [0.25, 0.3) is 0 Å². The van der Waals surface area contributed by atoms with Crippen molar-refractivity contribution in [1.29, 1.82) is 0 Å². The van der Waals surface area contributed by atoms with Gasteiger partial charge >= 0.3 is 0 Å². The van der Waals surface area contributed by atoms with Gasteiger partial charge in [-0.05, 0) is 51.3 Å². The number of nitrogens with zero attached hydrogens (tertiary/aromatic N) is 2. The van der Waals surface area contributed by atoms with Crippen LogP contribution in [-0.4, -0.2) is 43.4 Å². The zero-order valence-corrected chi connectivity index (χ0v) is 18.8. The summed E-state index contributed by atoms with van der Waals surface area (Å²) in [4.78, 5) is 9.01. The van der Waals surface area contributed by atoms with E-state index in [4.69, 9.17) is 19.2 Å². The minimum Gasteiger partial charge on any atom is -0.491 e. The largest absolute Gasteiger partial charge is 0.491 e. The van der Waals surface area contributed by atoms with Crippen LogP contribution in [0.1, 0.15) is 43.4 Å². The molecule has 168 valence electrons. The lowest BCUT2D eigenvalue weighted by molar-refractivity contribution is 0.0676. The highest BCUT2D eigenvalue weighted by Crippen LogP contribution is 2.22. The molecule has 1 atom stereocenters. The Kier molecular flexibility index (Phi) is 8.97. The van der Waals surface area contributed by atoms with Gasteiger partial charge in [0.1, 0.15) is 12.4 Å². The van der Waals surface area contributed by atoms with E-state index < -0.39 is 0 Å². The van der Waals surface area contributed by atoms with Crippen molar-refractivity contribution in [1.82, 2.24) is 15.6 Å². The summed E-state index contributed by atoms with van der Waals surface area (Å²) in [6, 6.07) is 10.2. The third-order valence-electron chi connectivity index (χ3n) is 5.00. The third kappa shape index (κ3) is 7.14. The van der Waals surface area contributed by atoms with E-state index in [1.807, 2.05) is 19.1 Å². The molecule has 1 saturated heterocycles. The molecule has 2 heterocycles. The molecule has 0 saturated carbocycles. The maximum atomic E-state index is 6.12. The summed E-state index contributed by atoms with van der Waals surface area (Å²) in [5.41, 5.74) is 3.22. The molecule has 0 amide bonds. The smallest absolute Gasteiger partial charge is 0.218 e. The van der Waals surface area contributed by atoms with Crippen LogP contribution in [0.15, 0.2) is 41.5 Å². The third-order valence-corrected chi connectivity index (χ3v) is 5.00. The van der Waals surface area contributed by atoms with Gasteiger partial charge in [-0.3, -0.25) is 0 Å². The zero-order valence-electron chi connectivity index (χ0n) is 18.8. The van der Waals surface area contributed by atoms with Crippen molar-refractivity contribution in [2.45, 2.75) is 52.8 Å². The lowest BCUT2D eigenvalue weighted by Crippen LogP contribution is -2.37. The first-order chi connectivity index (χ1) is 15.2. The van der Waals surface area contributed by atoms with E-state index in [2.05, 4.69) is 47.7 Å². The van der Waals surface area contributed by atoms with Crippen molar-refractivity contribution in [2.75, 3.05) is 26.4 Å². The molecule has 0 bridgehead atoms. The molecule has 2 aromatic rings. The molecule has 3 rings (SSSR count). The fourth-order valence-corrected chi connectivity index (χ4v) is 3.40. The van der Waals surface area contributed by atoms with E-state index >= 15 is 0 Å². The number of aryl methyl sites for hydroxylation is 1. The second-order valence-electron chi connectivity index (χ2n) is 7.51. The summed E-state index contributed by atoms with van der Waals surface area (Å²) < 4.78 is 17.4. The van der Waals surface area contributed by atoms with Gasteiger partial charge in [-0.25, -0.2) is 9.98 Å². The van der Waals surface area contributed by atoms with Crippen LogP contribution in [0.5, 0.6) is 11.6 Å². The molecule has 1 unspecified atom stereocenters. The predicted octanol–water partition coefficient (Wildman–Crippen LogP) is 3.60. The molecule has 1 aromatic carbocycles. The van der Waals surface area contributed by atoms with Gasteiger partial charge in [0.15, 0.2) is 5.96 Å². The monoisotopic (exact) mass is 426 g/mol. The van der Waals surface area contributed by atoms with Crippen LogP contribution < -0.4 is 20.1 Å². The van der Waals surface area contributed by atoms with E-state index in [0.717, 1.165) is 48.8 Å². The molecule has 7 heteroatoms. The van der Waals surface area contributed by atoms with Crippen molar-refractivity contribution in [3.63, 3.8) is 0 Å². The van der Waals surface area contributed by atoms with Gasteiger partial charge in [0.05, 0.1) is 19.3 Å². The van der Waals surface area contributed by atoms with Crippen LogP contribution in [0.3, 0.4) is 0 Å². The Bertz CT molecular complexity index is 850. The molecule has 1 aromatic heterocycles. The molecule has 31 heavy (non-hydrogen) atoms. The maximum Gasteiger partial charge on any atom is 0.218 e. The van der Waals surface area contributed by atoms with E-state index in [1.165, 1.54) is 5.56 Å². The molecule has 1 aliphatic rings. The van der Waals surface area contributed by atoms with Crippen LogP contribution in [-0.2, 0) is 17.8 Å². The summed E-state index contributed by atoms with van der Waals surface area (Å²) in [5.74, 6) is 2.26. The Hall–Kier alpha value is -2.80. The van der Waals surface area contributed by atoms with Gasteiger partial charge in [-0.1, -0.05) is 18.2 Å². The van der Waals surface area contributed by atoms with E-state index in [1.54, 1.807) is 6.20 Å². The number of benzene rings is 1. The van der Waals surface area contributed by atoms with Gasteiger partial charge in [0, 0.05) is 37.0 Å². The number of hydrogen-bond acceptors (Lipinski definition) is 5. The molecule has 0 radical (unpaired) electrons. The summed E-state index contributed by atoms with van der Waals surface area (Å²) in [6.07, 6.45) is 4.10. The van der Waals surface area contributed by atoms with Crippen molar-refractivity contribution < 1.29 is 14.2 Å². The first-order valence-corrected chi connectivity index (χ1v) is 11.1. The standard InChI is InChI=1S/C24H34N4O3/c1-4-25-24(28-16-20-8-6-12-26-23(20)29-5-2)27-15-19-11-10-18(3)14-22(19)31-17-21-9-7-13-30-21/h6,8,10-12,14,21H,4-5,7,9,13,15-17H2,1-3H3,(H2,25,27,28). The van der Waals surface area contributed by atoms with Gasteiger partial charge in [0.2, 0.25) is 5.88 Å². The van der Waals surface area contributed by atoms with Crippen LogP contribution in [0.25, 0.3) is 0 Å². The number of pyridine rings is 1. The van der Waals surface area contributed by atoms with Crippen molar-refractivity contribution in [3.8, 4) is 11.6 Å². The molecule has 7 nitrogen and oxygen atoms in total.